The van der Waals surface area contributed by atoms with Crippen molar-refractivity contribution in [2.45, 2.75) is 46.3 Å². The van der Waals surface area contributed by atoms with E-state index in [4.69, 9.17) is 4.74 Å². The molecule has 1 heterocycles. The number of hydrogen-bond acceptors (Lipinski definition) is 3. The topological polar surface area (TPSA) is 41.6 Å². The number of nitrogens with one attached hydrogen (secondary N) is 1. The maximum Gasteiger partial charge on any atom is 0.410 e. The van der Waals surface area contributed by atoms with Crippen molar-refractivity contribution < 1.29 is 9.53 Å². The minimum absolute atomic E-state index is 0.242. The van der Waals surface area contributed by atoms with Gasteiger partial charge in [0.2, 0.25) is 0 Å². The molecule has 4 rings (SSSR count). The Labute approximate surface area is 184 Å². The third kappa shape index (κ3) is 4.91. The molecule has 1 aliphatic heterocycles. The summed E-state index contributed by atoms with van der Waals surface area (Å²) in [6, 6.07) is 23.2. The van der Waals surface area contributed by atoms with E-state index in [-0.39, 0.29) is 6.09 Å². The van der Waals surface area contributed by atoms with Gasteiger partial charge >= 0.3 is 6.09 Å². The van der Waals surface area contributed by atoms with Gasteiger partial charge in [-0.25, -0.2) is 4.79 Å². The number of hydrogen-bond donors (Lipinski definition) is 1. The molecule has 0 bridgehead atoms. The Morgan fingerprint density at radius 1 is 0.968 bits per heavy atom. The zero-order valence-electron chi connectivity index (χ0n) is 18.7. The lowest BCUT2D eigenvalue weighted by atomic mass is 9.98. The number of amides is 1. The van der Waals surface area contributed by atoms with Crippen LogP contribution in [0.25, 0.3) is 11.1 Å². The maximum atomic E-state index is 12.4. The second-order valence-corrected chi connectivity index (χ2v) is 9.10. The van der Waals surface area contributed by atoms with Crippen LogP contribution in [0, 0.1) is 6.92 Å². The summed E-state index contributed by atoms with van der Waals surface area (Å²) in [6.45, 7) is 9.11. The number of nitrogens with zero attached hydrogens (tertiary/aromatic N) is 1. The van der Waals surface area contributed by atoms with Gasteiger partial charge in [-0.15, -0.1) is 0 Å². The monoisotopic (exact) mass is 414 g/mol. The normalized spacial score (nSPS) is 13.5. The van der Waals surface area contributed by atoms with Gasteiger partial charge in [-0.05, 0) is 80.1 Å². The van der Waals surface area contributed by atoms with Crippen molar-refractivity contribution in [3.8, 4) is 11.1 Å². The summed E-state index contributed by atoms with van der Waals surface area (Å²) >= 11 is 0. The van der Waals surface area contributed by atoms with Crippen LogP contribution in [0.15, 0.2) is 66.7 Å². The quantitative estimate of drug-likeness (QED) is 0.518. The summed E-state index contributed by atoms with van der Waals surface area (Å²) in [4.78, 5) is 14.2. The van der Waals surface area contributed by atoms with Crippen LogP contribution in [-0.2, 0) is 17.7 Å². The van der Waals surface area contributed by atoms with Crippen molar-refractivity contribution in [2.24, 2.45) is 0 Å². The largest absolute Gasteiger partial charge is 0.444 e. The molecule has 3 aromatic carbocycles. The van der Waals surface area contributed by atoms with E-state index in [9.17, 15) is 4.79 Å². The average Bonchev–Trinajstić information content (AvgIpc) is 2.74. The number of carbonyl (C=O) groups is 1. The fraction of sp³-hybridized carbons (Fsp3) is 0.296. The lowest BCUT2D eigenvalue weighted by molar-refractivity contribution is 0.0224. The van der Waals surface area contributed by atoms with Crippen molar-refractivity contribution in [3.05, 3.63) is 83.4 Å². The smallest absolute Gasteiger partial charge is 0.410 e. The summed E-state index contributed by atoms with van der Waals surface area (Å²) in [5.74, 6) is 0. The predicted octanol–water partition coefficient (Wildman–Crippen LogP) is 6.70. The molecular weight excluding hydrogens is 384 g/mol. The Morgan fingerprint density at radius 2 is 1.74 bits per heavy atom. The highest BCUT2D eigenvalue weighted by Crippen LogP contribution is 2.31. The Bertz CT molecular complexity index is 1080. The Kier molecular flexibility index (Phi) is 5.73. The van der Waals surface area contributed by atoms with Gasteiger partial charge < -0.3 is 15.0 Å². The van der Waals surface area contributed by atoms with Crippen LogP contribution in [0.4, 0.5) is 16.2 Å². The molecule has 0 aliphatic carbocycles. The highest BCUT2D eigenvalue weighted by atomic mass is 16.6. The third-order valence-electron chi connectivity index (χ3n) is 5.57. The lowest BCUT2D eigenvalue weighted by Gasteiger charge is -2.31. The molecule has 4 heteroatoms. The minimum atomic E-state index is -0.475. The Morgan fingerprint density at radius 3 is 2.48 bits per heavy atom. The third-order valence-corrected chi connectivity index (χ3v) is 5.57. The van der Waals surface area contributed by atoms with Gasteiger partial charge in [0.05, 0.1) is 0 Å². The first-order valence-electron chi connectivity index (χ1n) is 10.8. The number of fused-ring (bicyclic) bond motifs is 1. The molecule has 4 nitrogen and oxygen atoms in total. The van der Waals surface area contributed by atoms with Gasteiger partial charge in [0, 0.05) is 24.5 Å². The summed E-state index contributed by atoms with van der Waals surface area (Å²) in [5.41, 5.74) is 7.83. The molecular formula is C27H30N2O2. The number of anilines is 2. The molecule has 1 N–H and O–H groups in total. The first kappa shape index (κ1) is 21.0. The van der Waals surface area contributed by atoms with Gasteiger partial charge in [-0.2, -0.15) is 0 Å². The molecule has 1 aliphatic rings. The van der Waals surface area contributed by atoms with E-state index in [1.807, 2.05) is 26.8 Å². The van der Waals surface area contributed by atoms with Gasteiger partial charge in [-0.3, -0.25) is 0 Å². The van der Waals surface area contributed by atoms with Crippen LogP contribution in [-0.4, -0.2) is 23.1 Å². The van der Waals surface area contributed by atoms with E-state index in [1.54, 1.807) is 4.90 Å². The zero-order chi connectivity index (χ0) is 22.0. The average molecular weight is 415 g/mol. The molecule has 1 amide bonds. The highest BCUT2D eigenvalue weighted by Gasteiger charge is 2.25. The molecule has 0 fully saturated rings. The number of benzene rings is 3. The molecule has 0 saturated carbocycles. The SMILES string of the molecule is Cc1c(Nc2ccc3c(c2)CCN(C(=O)OC(C)(C)C)C3)cccc1-c1ccccc1. The van der Waals surface area contributed by atoms with Crippen LogP contribution in [0.2, 0.25) is 0 Å². The van der Waals surface area contributed by atoms with Crippen molar-refractivity contribution >= 4 is 17.5 Å². The first-order chi connectivity index (χ1) is 14.8. The van der Waals surface area contributed by atoms with Crippen molar-refractivity contribution in [1.29, 1.82) is 0 Å². The number of ether oxygens (including phenoxy) is 1. The second-order valence-electron chi connectivity index (χ2n) is 9.10. The zero-order valence-corrected chi connectivity index (χ0v) is 18.7. The Hall–Kier alpha value is -3.27. The van der Waals surface area contributed by atoms with Crippen LogP contribution >= 0.6 is 0 Å². The summed E-state index contributed by atoms with van der Waals surface area (Å²) < 4.78 is 5.53. The van der Waals surface area contributed by atoms with Crippen molar-refractivity contribution in [3.63, 3.8) is 0 Å². The molecule has 160 valence electrons. The van der Waals surface area contributed by atoms with E-state index in [1.165, 1.54) is 27.8 Å². The van der Waals surface area contributed by atoms with Gasteiger partial charge in [0.1, 0.15) is 5.60 Å². The standard InChI is InChI=1S/C27H30N2O2/c1-19-24(20-9-6-5-7-10-20)11-8-12-25(19)28-23-14-13-22-18-29(16-15-21(22)17-23)26(30)31-27(2,3)4/h5-14,17,28H,15-16,18H2,1-4H3. The van der Waals surface area contributed by atoms with E-state index in [2.05, 4.69) is 72.9 Å². The molecule has 0 saturated heterocycles. The molecule has 0 atom stereocenters. The summed E-state index contributed by atoms with van der Waals surface area (Å²) in [7, 11) is 0. The molecule has 0 spiro atoms. The fourth-order valence-corrected chi connectivity index (χ4v) is 3.97. The van der Waals surface area contributed by atoms with E-state index >= 15 is 0 Å². The molecule has 0 unspecified atom stereocenters. The van der Waals surface area contributed by atoms with E-state index in [0.717, 1.165) is 17.8 Å². The van der Waals surface area contributed by atoms with Crippen molar-refractivity contribution in [2.75, 3.05) is 11.9 Å². The predicted molar refractivity (Wildman–Crippen MR) is 127 cm³/mol. The van der Waals surface area contributed by atoms with Crippen LogP contribution in [0.5, 0.6) is 0 Å². The summed E-state index contributed by atoms with van der Waals surface area (Å²) in [6.07, 6.45) is 0.585. The van der Waals surface area contributed by atoms with E-state index < -0.39 is 5.60 Å². The summed E-state index contributed by atoms with van der Waals surface area (Å²) in [5, 5.41) is 3.59. The lowest BCUT2D eigenvalue weighted by Crippen LogP contribution is -2.39. The van der Waals surface area contributed by atoms with Crippen molar-refractivity contribution in [1.82, 2.24) is 4.90 Å². The maximum absolute atomic E-state index is 12.4. The van der Waals surface area contributed by atoms with Crippen LogP contribution < -0.4 is 5.32 Å². The van der Waals surface area contributed by atoms with Gasteiger partial charge in [0.25, 0.3) is 0 Å². The Balaban J connectivity index is 1.51. The molecule has 0 aromatic heterocycles. The fourth-order valence-electron chi connectivity index (χ4n) is 3.97. The number of carbonyl (C=O) groups excluding carboxylic acids is 1. The second kappa shape index (κ2) is 8.46. The minimum Gasteiger partial charge on any atom is -0.444 e. The van der Waals surface area contributed by atoms with Gasteiger partial charge in [-0.1, -0.05) is 48.5 Å². The van der Waals surface area contributed by atoms with Gasteiger partial charge in [0.15, 0.2) is 0 Å². The van der Waals surface area contributed by atoms with Crippen LogP contribution in [0.1, 0.15) is 37.5 Å². The molecule has 3 aromatic rings. The highest BCUT2D eigenvalue weighted by molar-refractivity contribution is 5.76. The van der Waals surface area contributed by atoms with Crippen LogP contribution in [0.3, 0.4) is 0 Å². The number of rotatable bonds is 3. The molecule has 31 heavy (non-hydrogen) atoms. The molecule has 0 radical (unpaired) electrons. The van der Waals surface area contributed by atoms with E-state index in [0.29, 0.717) is 13.1 Å². The first-order valence-corrected chi connectivity index (χ1v) is 10.8.